The molecule has 1 saturated heterocycles. The number of aromatic nitrogens is 2. The molecule has 1 aliphatic heterocycles. The first-order valence-corrected chi connectivity index (χ1v) is 11.4. The minimum Gasteiger partial charge on any atom is -0.368 e. The number of rotatable bonds is 3. The number of benzene rings is 2. The molecule has 2 aromatic carbocycles. The topological polar surface area (TPSA) is 32.3 Å². The molecule has 0 aliphatic carbocycles. The van der Waals surface area contributed by atoms with Crippen molar-refractivity contribution in [3.8, 4) is 11.1 Å². The van der Waals surface area contributed by atoms with Crippen LogP contribution >= 0.6 is 22.9 Å². The van der Waals surface area contributed by atoms with Gasteiger partial charge in [-0.05, 0) is 48.7 Å². The van der Waals surface area contributed by atoms with E-state index in [1.54, 1.807) is 11.3 Å². The number of thiophene rings is 1. The van der Waals surface area contributed by atoms with Gasteiger partial charge in [0.25, 0.3) is 0 Å². The monoisotopic (exact) mass is 434 g/mol. The van der Waals surface area contributed by atoms with E-state index in [-0.39, 0.29) is 0 Å². The van der Waals surface area contributed by atoms with Crippen LogP contribution in [0.3, 0.4) is 0 Å². The Morgan fingerprint density at radius 3 is 2.33 bits per heavy atom. The molecule has 4 nitrogen and oxygen atoms in total. The van der Waals surface area contributed by atoms with Gasteiger partial charge in [0.2, 0.25) is 5.28 Å². The molecule has 0 amide bonds. The summed E-state index contributed by atoms with van der Waals surface area (Å²) in [5, 5.41) is 3.60. The normalized spacial score (nSPS) is 14.5. The predicted molar refractivity (Wildman–Crippen MR) is 128 cm³/mol. The van der Waals surface area contributed by atoms with Crippen molar-refractivity contribution in [2.24, 2.45) is 0 Å². The van der Waals surface area contributed by atoms with Crippen LogP contribution in [0.15, 0.2) is 53.9 Å². The van der Waals surface area contributed by atoms with Crippen LogP contribution in [0, 0.1) is 13.8 Å². The Bertz CT molecular complexity index is 1190. The third-order valence-corrected chi connectivity index (χ3v) is 6.74. The van der Waals surface area contributed by atoms with Gasteiger partial charge in [0, 0.05) is 42.8 Å². The van der Waals surface area contributed by atoms with Crippen LogP contribution in [-0.4, -0.2) is 36.1 Å². The van der Waals surface area contributed by atoms with Crippen molar-refractivity contribution in [3.63, 3.8) is 0 Å². The highest BCUT2D eigenvalue weighted by Gasteiger charge is 2.23. The Morgan fingerprint density at radius 2 is 1.60 bits per heavy atom. The van der Waals surface area contributed by atoms with Crippen LogP contribution in [0.2, 0.25) is 5.28 Å². The summed E-state index contributed by atoms with van der Waals surface area (Å²) in [6, 6.07) is 17.4. The number of halogens is 1. The second kappa shape index (κ2) is 7.89. The maximum absolute atomic E-state index is 6.31. The van der Waals surface area contributed by atoms with Gasteiger partial charge in [-0.3, -0.25) is 0 Å². The van der Waals surface area contributed by atoms with Crippen LogP contribution in [-0.2, 0) is 0 Å². The van der Waals surface area contributed by atoms with Gasteiger partial charge in [-0.15, -0.1) is 11.3 Å². The highest BCUT2D eigenvalue weighted by atomic mass is 35.5. The Balaban J connectivity index is 1.48. The minimum atomic E-state index is 0.316. The van der Waals surface area contributed by atoms with E-state index in [2.05, 4.69) is 87.5 Å². The van der Waals surface area contributed by atoms with E-state index in [1.807, 2.05) is 0 Å². The number of piperazine rings is 1. The van der Waals surface area contributed by atoms with Crippen LogP contribution in [0.25, 0.3) is 21.3 Å². The lowest BCUT2D eigenvalue weighted by molar-refractivity contribution is 0.649. The third-order valence-electron chi connectivity index (χ3n) is 5.70. The van der Waals surface area contributed by atoms with E-state index in [1.165, 1.54) is 27.9 Å². The SMILES string of the molecule is Cc1ccc(-c2csc3nc(Cl)nc(N4CCN(c5cccc(C)c5)CC4)c23)cc1. The molecule has 1 fully saturated rings. The number of nitrogens with zero attached hydrogens (tertiary/aromatic N) is 4. The number of anilines is 2. The zero-order valence-electron chi connectivity index (χ0n) is 17.1. The third kappa shape index (κ3) is 3.64. The van der Waals surface area contributed by atoms with Crippen molar-refractivity contribution in [1.29, 1.82) is 0 Å². The molecule has 1 aliphatic rings. The van der Waals surface area contributed by atoms with Crippen molar-refractivity contribution in [3.05, 3.63) is 70.3 Å². The van der Waals surface area contributed by atoms with E-state index in [0.29, 0.717) is 5.28 Å². The number of hydrogen-bond donors (Lipinski definition) is 0. The molecule has 152 valence electrons. The molecule has 0 N–H and O–H groups in total. The maximum Gasteiger partial charge on any atom is 0.225 e. The van der Waals surface area contributed by atoms with Crippen LogP contribution in [0.1, 0.15) is 11.1 Å². The number of aryl methyl sites for hydroxylation is 2. The molecule has 0 saturated carbocycles. The lowest BCUT2D eigenvalue weighted by Crippen LogP contribution is -2.47. The Labute approximate surface area is 185 Å². The van der Waals surface area contributed by atoms with Gasteiger partial charge in [0.05, 0.1) is 5.39 Å². The van der Waals surface area contributed by atoms with Crippen molar-refractivity contribution < 1.29 is 0 Å². The van der Waals surface area contributed by atoms with Crippen molar-refractivity contribution >= 4 is 44.7 Å². The van der Waals surface area contributed by atoms with E-state index in [9.17, 15) is 0 Å². The fourth-order valence-electron chi connectivity index (χ4n) is 4.07. The average molecular weight is 435 g/mol. The summed E-state index contributed by atoms with van der Waals surface area (Å²) in [7, 11) is 0. The smallest absolute Gasteiger partial charge is 0.225 e. The van der Waals surface area contributed by atoms with Crippen LogP contribution in [0.5, 0.6) is 0 Å². The molecule has 0 spiro atoms. The Morgan fingerprint density at radius 1 is 0.867 bits per heavy atom. The number of hydrogen-bond acceptors (Lipinski definition) is 5. The predicted octanol–water partition coefficient (Wildman–Crippen LogP) is 5.96. The van der Waals surface area contributed by atoms with Gasteiger partial charge in [0.15, 0.2) is 0 Å². The van der Waals surface area contributed by atoms with Gasteiger partial charge < -0.3 is 9.80 Å². The van der Waals surface area contributed by atoms with Gasteiger partial charge in [-0.25, -0.2) is 4.98 Å². The first-order valence-electron chi connectivity index (χ1n) is 10.2. The average Bonchev–Trinajstić information content (AvgIpc) is 3.17. The maximum atomic E-state index is 6.31. The molecule has 0 bridgehead atoms. The van der Waals surface area contributed by atoms with Gasteiger partial charge in [0.1, 0.15) is 10.6 Å². The molecule has 0 radical (unpaired) electrons. The first kappa shape index (κ1) is 19.3. The summed E-state index contributed by atoms with van der Waals surface area (Å²) in [6.07, 6.45) is 0. The van der Waals surface area contributed by atoms with Gasteiger partial charge >= 0.3 is 0 Å². The highest BCUT2D eigenvalue weighted by Crippen LogP contribution is 2.39. The minimum absolute atomic E-state index is 0.316. The van der Waals surface area contributed by atoms with E-state index >= 15 is 0 Å². The highest BCUT2D eigenvalue weighted by molar-refractivity contribution is 7.17. The quantitative estimate of drug-likeness (QED) is 0.372. The van der Waals surface area contributed by atoms with Gasteiger partial charge in [-0.1, -0.05) is 42.0 Å². The molecule has 4 aromatic rings. The standard InChI is InChI=1S/C24H23ClN4S/c1-16-6-8-18(9-7-16)20-15-30-23-21(20)22(26-24(25)27-23)29-12-10-28(11-13-29)19-5-3-4-17(2)14-19/h3-9,14-15H,10-13H2,1-2H3. The summed E-state index contributed by atoms with van der Waals surface area (Å²) < 4.78 is 0. The summed E-state index contributed by atoms with van der Waals surface area (Å²) in [6.45, 7) is 7.96. The second-order valence-electron chi connectivity index (χ2n) is 7.82. The largest absolute Gasteiger partial charge is 0.368 e. The van der Waals surface area contributed by atoms with E-state index in [0.717, 1.165) is 42.2 Å². The lowest BCUT2D eigenvalue weighted by atomic mass is 10.0. The first-order chi connectivity index (χ1) is 14.6. The molecule has 30 heavy (non-hydrogen) atoms. The van der Waals surface area contributed by atoms with Crippen molar-refractivity contribution in [2.75, 3.05) is 36.0 Å². The second-order valence-corrected chi connectivity index (χ2v) is 9.02. The van der Waals surface area contributed by atoms with Crippen molar-refractivity contribution in [1.82, 2.24) is 9.97 Å². The fraction of sp³-hybridized carbons (Fsp3) is 0.250. The summed E-state index contributed by atoms with van der Waals surface area (Å²) >= 11 is 7.94. The van der Waals surface area contributed by atoms with Crippen LogP contribution in [0.4, 0.5) is 11.5 Å². The van der Waals surface area contributed by atoms with Crippen LogP contribution < -0.4 is 9.80 Å². The zero-order chi connectivity index (χ0) is 20.7. The fourth-order valence-corrected chi connectivity index (χ4v) is 5.23. The lowest BCUT2D eigenvalue weighted by Gasteiger charge is -2.37. The zero-order valence-corrected chi connectivity index (χ0v) is 18.7. The number of fused-ring (bicyclic) bond motifs is 1. The summed E-state index contributed by atoms with van der Waals surface area (Å²) in [5.41, 5.74) is 6.21. The van der Waals surface area contributed by atoms with Gasteiger partial charge in [-0.2, -0.15) is 4.98 Å². The van der Waals surface area contributed by atoms with Crippen molar-refractivity contribution in [2.45, 2.75) is 13.8 Å². The molecular weight excluding hydrogens is 412 g/mol. The Kier molecular flexibility index (Phi) is 5.09. The molecule has 3 heterocycles. The Hall–Kier alpha value is -2.63. The van der Waals surface area contributed by atoms with E-state index < -0.39 is 0 Å². The molecule has 5 rings (SSSR count). The summed E-state index contributed by atoms with van der Waals surface area (Å²) in [5.74, 6) is 0.950. The molecule has 2 aromatic heterocycles. The molecule has 6 heteroatoms. The van der Waals surface area contributed by atoms with E-state index in [4.69, 9.17) is 11.6 Å². The molecule has 0 unspecified atom stereocenters. The molecule has 0 atom stereocenters. The summed E-state index contributed by atoms with van der Waals surface area (Å²) in [4.78, 5) is 14.9. The molecular formula is C24H23ClN4S.